The molecule has 0 aliphatic rings. The van der Waals surface area contributed by atoms with E-state index in [4.69, 9.17) is 11.6 Å². The van der Waals surface area contributed by atoms with Gasteiger partial charge >= 0.3 is 0 Å². The van der Waals surface area contributed by atoms with Crippen molar-refractivity contribution in [2.75, 3.05) is 0 Å². The molecule has 0 radical (unpaired) electrons. The standard InChI is InChI=1S/C17H22ClN3O/c1-4-16(14-7-5-12(2)6-8-14)19-17(22)9-10-21-11-15(18)13(3)20-21/h5-8,11,16H,4,9-10H2,1-3H3,(H,19,22). The third-order valence-corrected chi connectivity index (χ3v) is 4.05. The average molecular weight is 320 g/mol. The molecule has 22 heavy (non-hydrogen) atoms. The van der Waals surface area contributed by atoms with Gasteiger partial charge in [0.15, 0.2) is 0 Å². The first kappa shape index (κ1) is 16.6. The second kappa shape index (κ2) is 7.45. The fourth-order valence-corrected chi connectivity index (χ4v) is 2.46. The van der Waals surface area contributed by atoms with E-state index in [0.29, 0.717) is 18.0 Å². The predicted molar refractivity (Wildman–Crippen MR) is 88.9 cm³/mol. The van der Waals surface area contributed by atoms with Gasteiger partial charge in [-0.15, -0.1) is 0 Å². The number of carbonyl (C=O) groups excluding carboxylic acids is 1. The third kappa shape index (κ3) is 4.34. The van der Waals surface area contributed by atoms with E-state index in [0.717, 1.165) is 17.7 Å². The second-order valence-electron chi connectivity index (χ2n) is 5.51. The van der Waals surface area contributed by atoms with Gasteiger partial charge in [-0.1, -0.05) is 48.4 Å². The number of halogens is 1. The van der Waals surface area contributed by atoms with Crippen molar-refractivity contribution in [3.63, 3.8) is 0 Å². The Bertz CT molecular complexity index is 614. The van der Waals surface area contributed by atoms with E-state index in [1.807, 2.05) is 6.92 Å². The highest BCUT2D eigenvalue weighted by atomic mass is 35.5. The molecule has 1 aromatic heterocycles. The first-order valence-electron chi connectivity index (χ1n) is 7.55. The second-order valence-corrected chi connectivity index (χ2v) is 5.92. The molecule has 1 aromatic carbocycles. The summed E-state index contributed by atoms with van der Waals surface area (Å²) < 4.78 is 1.71. The number of nitrogens with one attached hydrogen (secondary N) is 1. The molecule has 4 nitrogen and oxygen atoms in total. The van der Waals surface area contributed by atoms with E-state index in [2.05, 4.69) is 48.5 Å². The molecule has 1 N–H and O–H groups in total. The van der Waals surface area contributed by atoms with Crippen LogP contribution in [-0.2, 0) is 11.3 Å². The Labute approximate surface area is 136 Å². The molecule has 1 unspecified atom stereocenters. The fraction of sp³-hybridized carbons (Fsp3) is 0.412. The van der Waals surface area contributed by atoms with Crippen LogP contribution in [0.5, 0.6) is 0 Å². The maximum absolute atomic E-state index is 12.1. The third-order valence-electron chi connectivity index (χ3n) is 3.68. The summed E-state index contributed by atoms with van der Waals surface area (Å²) in [5.74, 6) is 0.0247. The van der Waals surface area contributed by atoms with Crippen LogP contribution in [0.3, 0.4) is 0 Å². The monoisotopic (exact) mass is 319 g/mol. The molecule has 118 valence electrons. The lowest BCUT2D eigenvalue weighted by molar-refractivity contribution is -0.122. The number of carbonyl (C=O) groups is 1. The Balaban J connectivity index is 1.90. The van der Waals surface area contributed by atoms with Gasteiger partial charge in [0.05, 0.1) is 16.8 Å². The van der Waals surface area contributed by atoms with Crippen molar-refractivity contribution in [1.82, 2.24) is 15.1 Å². The Hall–Kier alpha value is -1.81. The maximum Gasteiger partial charge on any atom is 0.222 e. The number of rotatable bonds is 6. The molecule has 0 aliphatic carbocycles. The molecule has 0 aliphatic heterocycles. The minimum atomic E-state index is 0.0247. The van der Waals surface area contributed by atoms with Crippen molar-refractivity contribution in [2.24, 2.45) is 0 Å². The summed E-state index contributed by atoms with van der Waals surface area (Å²) >= 11 is 5.96. The van der Waals surface area contributed by atoms with E-state index in [1.54, 1.807) is 10.9 Å². The van der Waals surface area contributed by atoms with Crippen molar-refractivity contribution >= 4 is 17.5 Å². The summed E-state index contributed by atoms with van der Waals surface area (Å²) in [4.78, 5) is 12.1. The van der Waals surface area contributed by atoms with Gasteiger partial charge in [-0.25, -0.2) is 0 Å². The first-order chi connectivity index (χ1) is 10.5. The van der Waals surface area contributed by atoms with Gasteiger partial charge in [-0.3, -0.25) is 9.48 Å². The molecule has 0 spiro atoms. The van der Waals surface area contributed by atoms with E-state index in [1.165, 1.54) is 5.56 Å². The number of nitrogens with zero attached hydrogens (tertiary/aromatic N) is 2. The van der Waals surface area contributed by atoms with Crippen LogP contribution in [-0.4, -0.2) is 15.7 Å². The minimum absolute atomic E-state index is 0.0247. The van der Waals surface area contributed by atoms with E-state index < -0.39 is 0 Å². The van der Waals surface area contributed by atoms with Crippen molar-refractivity contribution in [3.8, 4) is 0 Å². The van der Waals surface area contributed by atoms with E-state index in [9.17, 15) is 4.79 Å². The smallest absolute Gasteiger partial charge is 0.222 e. The van der Waals surface area contributed by atoms with Gasteiger partial charge in [-0.05, 0) is 25.8 Å². The number of aromatic nitrogens is 2. The molecular weight excluding hydrogens is 298 g/mol. The van der Waals surface area contributed by atoms with Gasteiger partial charge in [0.2, 0.25) is 5.91 Å². The lowest BCUT2D eigenvalue weighted by atomic mass is 10.0. The lowest BCUT2D eigenvalue weighted by Gasteiger charge is -2.17. The first-order valence-corrected chi connectivity index (χ1v) is 7.93. The van der Waals surface area contributed by atoms with Crippen LogP contribution in [0.25, 0.3) is 0 Å². The van der Waals surface area contributed by atoms with Crippen LogP contribution in [0.2, 0.25) is 5.02 Å². The van der Waals surface area contributed by atoms with Crippen LogP contribution in [0.4, 0.5) is 0 Å². The number of aryl methyl sites for hydroxylation is 3. The van der Waals surface area contributed by atoms with Crippen molar-refractivity contribution < 1.29 is 4.79 Å². The van der Waals surface area contributed by atoms with Crippen LogP contribution in [0, 0.1) is 13.8 Å². The number of hydrogen-bond acceptors (Lipinski definition) is 2. The average Bonchev–Trinajstić information content (AvgIpc) is 2.82. The predicted octanol–water partition coefficient (Wildman–Crippen LogP) is 3.81. The number of amides is 1. The van der Waals surface area contributed by atoms with Gasteiger partial charge in [-0.2, -0.15) is 5.10 Å². The van der Waals surface area contributed by atoms with Crippen molar-refractivity contribution in [1.29, 1.82) is 0 Å². The normalized spacial score (nSPS) is 12.2. The van der Waals surface area contributed by atoms with Crippen LogP contribution in [0.1, 0.15) is 42.6 Å². The molecule has 0 bridgehead atoms. The summed E-state index contributed by atoms with van der Waals surface area (Å²) in [7, 11) is 0. The highest BCUT2D eigenvalue weighted by Crippen LogP contribution is 2.17. The van der Waals surface area contributed by atoms with Crippen molar-refractivity contribution in [3.05, 3.63) is 52.3 Å². The molecule has 0 saturated heterocycles. The maximum atomic E-state index is 12.1. The summed E-state index contributed by atoms with van der Waals surface area (Å²) in [6, 6.07) is 8.33. The molecule has 0 fully saturated rings. The quantitative estimate of drug-likeness (QED) is 0.880. The van der Waals surface area contributed by atoms with Crippen LogP contribution >= 0.6 is 11.6 Å². The summed E-state index contributed by atoms with van der Waals surface area (Å²) in [6.45, 7) is 6.51. The van der Waals surface area contributed by atoms with E-state index >= 15 is 0 Å². The number of benzene rings is 1. The zero-order chi connectivity index (χ0) is 16.1. The van der Waals surface area contributed by atoms with Crippen LogP contribution in [0.15, 0.2) is 30.5 Å². The summed E-state index contributed by atoms with van der Waals surface area (Å²) in [5, 5.41) is 7.97. The Kier molecular flexibility index (Phi) is 5.61. The Morgan fingerprint density at radius 2 is 2.00 bits per heavy atom. The summed E-state index contributed by atoms with van der Waals surface area (Å²) in [6.07, 6.45) is 3.00. The molecule has 2 rings (SSSR count). The van der Waals surface area contributed by atoms with E-state index in [-0.39, 0.29) is 11.9 Å². The molecule has 1 atom stereocenters. The van der Waals surface area contributed by atoms with Gasteiger partial charge in [0, 0.05) is 19.2 Å². The SMILES string of the molecule is CCC(NC(=O)CCn1cc(Cl)c(C)n1)c1ccc(C)cc1. The summed E-state index contributed by atoms with van der Waals surface area (Å²) in [5.41, 5.74) is 3.14. The minimum Gasteiger partial charge on any atom is -0.349 e. The molecule has 0 saturated carbocycles. The largest absolute Gasteiger partial charge is 0.349 e. The zero-order valence-corrected chi connectivity index (χ0v) is 14.0. The zero-order valence-electron chi connectivity index (χ0n) is 13.3. The molecule has 1 amide bonds. The fourth-order valence-electron chi connectivity index (χ4n) is 2.31. The highest BCUT2D eigenvalue weighted by Gasteiger charge is 2.13. The Morgan fingerprint density at radius 3 is 2.55 bits per heavy atom. The van der Waals surface area contributed by atoms with Gasteiger partial charge in [0.25, 0.3) is 0 Å². The topological polar surface area (TPSA) is 46.9 Å². The highest BCUT2D eigenvalue weighted by molar-refractivity contribution is 6.31. The van der Waals surface area contributed by atoms with Crippen molar-refractivity contribution in [2.45, 2.75) is 46.2 Å². The molecule has 1 heterocycles. The Morgan fingerprint density at radius 1 is 1.32 bits per heavy atom. The van der Waals surface area contributed by atoms with Crippen LogP contribution < -0.4 is 5.32 Å². The number of hydrogen-bond donors (Lipinski definition) is 1. The molecule has 2 aromatic rings. The molecular formula is C17H22ClN3O. The van der Waals surface area contributed by atoms with Gasteiger partial charge < -0.3 is 5.32 Å². The van der Waals surface area contributed by atoms with Gasteiger partial charge in [0.1, 0.15) is 0 Å². The lowest BCUT2D eigenvalue weighted by Crippen LogP contribution is -2.28. The molecule has 5 heteroatoms.